The minimum atomic E-state index is -0.126. The fourth-order valence-electron chi connectivity index (χ4n) is 3.03. The second-order valence-electron chi connectivity index (χ2n) is 5.75. The highest BCUT2D eigenvalue weighted by atomic mass is 32.1. The van der Waals surface area contributed by atoms with Gasteiger partial charge in [-0.15, -0.1) is 5.10 Å². The summed E-state index contributed by atoms with van der Waals surface area (Å²) in [5.74, 6) is 0.557. The third kappa shape index (κ3) is 2.63. The van der Waals surface area contributed by atoms with E-state index in [9.17, 15) is 4.79 Å². The number of anilines is 1. The lowest BCUT2D eigenvalue weighted by atomic mass is 9.92. The van der Waals surface area contributed by atoms with Gasteiger partial charge in [-0.2, -0.15) is 9.61 Å². The van der Waals surface area contributed by atoms with Crippen LogP contribution in [0, 0.1) is 0 Å². The highest BCUT2D eigenvalue weighted by Gasteiger charge is 2.24. The van der Waals surface area contributed by atoms with Crippen molar-refractivity contribution < 1.29 is 0 Å². The summed E-state index contributed by atoms with van der Waals surface area (Å²) in [6.07, 6.45) is 7.84. The Morgan fingerprint density at radius 2 is 2.17 bits per heavy atom. The van der Waals surface area contributed by atoms with Gasteiger partial charge in [-0.1, -0.05) is 11.3 Å². The van der Waals surface area contributed by atoms with Crippen LogP contribution in [-0.4, -0.2) is 37.5 Å². The van der Waals surface area contributed by atoms with E-state index in [1.807, 2.05) is 10.9 Å². The first-order chi connectivity index (χ1) is 11.2. The van der Waals surface area contributed by atoms with Crippen LogP contribution in [0.2, 0.25) is 0 Å². The maximum absolute atomic E-state index is 11.8. The first-order valence-electron chi connectivity index (χ1n) is 7.87. The molecule has 7 nitrogen and oxygen atoms in total. The van der Waals surface area contributed by atoms with Gasteiger partial charge < -0.3 is 4.90 Å². The molecular formula is C15H18N6OS. The number of piperidine rings is 1. The van der Waals surface area contributed by atoms with Crippen LogP contribution in [0.4, 0.5) is 5.13 Å². The van der Waals surface area contributed by atoms with Crippen LogP contribution in [-0.2, 0) is 6.54 Å². The Hall–Kier alpha value is -2.22. The molecule has 1 fully saturated rings. The van der Waals surface area contributed by atoms with Gasteiger partial charge in [0.1, 0.15) is 0 Å². The van der Waals surface area contributed by atoms with Crippen molar-refractivity contribution in [3.05, 3.63) is 40.6 Å². The molecule has 0 N–H and O–H groups in total. The molecule has 4 rings (SSSR count). The third-order valence-electron chi connectivity index (χ3n) is 4.37. The summed E-state index contributed by atoms with van der Waals surface area (Å²) in [6, 6.07) is 1.44. The van der Waals surface area contributed by atoms with Gasteiger partial charge in [0, 0.05) is 38.1 Å². The van der Waals surface area contributed by atoms with E-state index in [-0.39, 0.29) is 5.56 Å². The van der Waals surface area contributed by atoms with Gasteiger partial charge in [-0.25, -0.2) is 4.98 Å². The summed E-state index contributed by atoms with van der Waals surface area (Å²) in [4.78, 5) is 18.9. The quantitative estimate of drug-likeness (QED) is 0.732. The molecule has 0 unspecified atom stereocenters. The first kappa shape index (κ1) is 14.4. The summed E-state index contributed by atoms with van der Waals surface area (Å²) < 4.78 is 3.37. The summed E-state index contributed by atoms with van der Waals surface area (Å²) >= 11 is 1.47. The Balaban J connectivity index is 1.50. The third-order valence-corrected chi connectivity index (χ3v) is 5.36. The highest BCUT2D eigenvalue weighted by Crippen LogP contribution is 2.31. The average molecular weight is 330 g/mol. The van der Waals surface area contributed by atoms with Crippen LogP contribution in [0.5, 0.6) is 0 Å². The van der Waals surface area contributed by atoms with Crippen molar-refractivity contribution >= 4 is 21.4 Å². The number of hydrogen-bond donors (Lipinski definition) is 0. The number of fused-ring (bicyclic) bond motifs is 1. The van der Waals surface area contributed by atoms with Crippen molar-refractivity contribution in [1.82, 2.24) is 24.4 Å². The maximum Gasteiger partial charge on any atom is 0.275 e. The SMILES string of the molecule is CCn1cc(C2CCN(c3nn4c(=O)ccnc4s3)CC2)cn1. The van der Waals surface area contributed by atoms with Gasteiger partial charge in [0.15, 0.2) is 0 Å². The lowest BCUT2D eigenvalue weighted by Gasteiger charge is -2.30. The minimum absolute atomic E-state index is 0.126. The maximum atomic E-state index is 11.8. The number of nitrogens with zero attached hydrogens (tertiary/aromatic N) is 6. The van der Waals surface area contributed by atoms with Crippen molar-refractivity contribution in [2.24, 2.45) is 0 Å². The van der Waals surface area contributed by atoms with Gasteiger partial charge in [0.05, 0.1) is 6.20 Å². The van der Waals surface area contributed by atoms with E-state index in [0.717, 1.165) is 37.6 Å². The fraction of sp³-hybridized carbons (Fsp3) is 0.467. The van der Waals surface area contributed by atoms with Crippen LogP contribution in [0.25, 0.3) is 4.96 Å². The molecule has 0 aliphatic carbocycles. The largest absolute Gasteiger partial charge is 0.347 e. The number of aryl methyl sites for hydroxylation is 1. The van der Waals surface area contributed by atoms with Crippen LogP contribution in [0.15, 0.2) is 29.5 Å². The molecule has 3 aromatic heterocycles. The van der Waals surface area contributed by atoms with Gasteiger partial charge in [-0.05, 0) is 31.2 Å². The Labute approximate surface area is 137 Å². The summed E-state index contributed by atoms with van der Waals surface area (Å²) in [5.41, 5.74) is 1.20. The van der Waals surface area contributed by atoms with E-state index in [4.69, 9.17) is 0 Å². The molecular weight excluding hydrogens is 312 g/mol. The van der Waals surface area contributed by atoms with Crippen LogP contribution in [0.3, 0.4) is 0 Å². The molecule has 1 aliphatic rings. The van der Waals surface area contributed by atoms with Crippen molar-refractivity contribution in [1.29, 1.82) is 0 Å². The Kier molecular flexibility index (Phi) is 3.60. The molecule has 23 heavy (non-hydrogen) atoms. The Morgan fingerprint density at radius 3 is 2.87 bits per heavy atom. The molecule has 4 heterocycles. The molecule has 8 heteroatoms. The molecule has 0 amide bonds. The molecule has 0 atom stereocenters. The molecule has 0 spiro atoms. The molecule has 0 bridgehead atoms. The first-order valence-corrected chi connectivity index (χ1v) is 8.68. The van der Waals surface area contributed by atoms with E-state index >= 15 is 0 Å². The van der Waals surface area contributed by atoms with Crippen molar-refractivity contribution in [2.45, 2.75) is 32.2 Å². The smallest absolute Gasteiger partial charge is 0.275 e. The normalized spacial score (nSPS) is 16.3. The minimum Gasteiger partial charge on any atom is -0.347 e. The molecule has 3 aromatic rings. The molecule has 0 saturated carbocycles. The zero-order valence-electron chi connectivity index (χ0n) is 12.9. The van der Waals surface area contributed by atoms with Crippen molar-refractivity contribution in [3.63, 3.8) is 0 Å². The predicted octanol–water partition coefficient (Wildman–Crippen LogP) is 1.75. The van der Waals surface area contributed by atoms with Crippen LogP contribution < -0.4 is 10.5 Å². The van der Waals surface area contributed by atoms with Gasteiger partial charge in [-0.3, -0.25) is 9.48 Å². The van der Waals surface area contributed by atoms with Crippen LogP contribution >= 0.6 is 11.3 Å². The topological polar surface area (TPSA) is 68.3 Å². The van der Waals surface area contributed by atoms with E-state index in [1.165, 1.54) is 33.7 Å². The Morgan fingerprint density at radius 1 is 1.35 bits per heavy atom. The number of hydrogen-bond acceptors (Lipinski definition) is 6. The summed E-state index contributed by atoms with van der Waals surface area (Å²) in [5, 5.41) is 9.67. The van der Waals surface area contributed by atoms with Gasteiger partial charge >= 0.3 is 0 Å². The molecule has 0 aromatic carbocycles. The second-order valence-corrected chi connectivity index (χ2v) is 6.69. The van der Waals surface area contributed by atoms with Crippen molar-refractivity contribution in [3.8, 4) is 0 Å². The number of rotatable bonds is 3. The monoisotopic (exact) mass is 330 g/mol. The summed E-state index contributed by atoms with van der Waals surface area (Å²) in [6.45, 7) is 4.89. The molecule has 0 radical (unpaired) electrons. The number of aromatic nitrogens is 5. The summed E-state index contributed by atoms with van der Waals surface area (Å²) in [7, 11) is 0. The van der Waals surface area contributed by atoms with Crippen LogP contribution in [0.1, 0.15) is 31.2 Å². The van der Waals surface area contributed by atoms with E-state index in [2.05, 4.69) is 33.2 Å². The molecule has 1 saturated heterocycles. The zero-order valence-corrected chi connectivity index (χ0v) is 13.7. The van der Waals surface area contributed by atoms with E-state index in [1.54, 1.807) is 0 Å². The Bertz CT molecular complexity index is 873. The van der Waals surface area contributed by atoms with Gasteiger partial charge in [0.25, 0.3) is 5.56 Å². The van der Waals surface area contributed by atoms with E-state index < -0.39 is 0 Å². The van der Waals surface area contributed by atoms with Gasteiger partial charge in [0.2, 0.25) is 10.1 Å². The second kappa shape index (κ2) is 5.77. The molecule has 1 aliphatic heterocycles. The highest BCUT2D eigenvalue weighted by molar-refractivity contribution is 7.20. The predicted molar refractivity (Wildman–Crippen MR) is 89.2 cm³/mol. The van der Waals surface area contributed by atoms with Crippen molar-refractivity contribution in [2.75, 3.05) is 18.0 Å². The molecule has 120 valence electrons. The standard InChI is InChI=1S/C15H18N6OS/c1-2-20-10-12(9-17-20)11-4-7-19(8-5-11)15-18-21-13(22)3-6-16-14(21)23-15/h3,6,9-11H,2,4-5,7-8H2,1H3. The fourth-order valence-corrected chi connectivity index (χ4v) is 3.96. The van der Waals surface area contributed by atoms with E-state index in [0.29, 0.717) is 10.9 Å². The zero-order chi connectivity index (χ0) is 15.8. The average Bonchev–Trinajstić information content (AvgIpc) is 3.22. The lowest BCUT2D eigenvalue weighted by Crippen LogP contribution is -2.33. The lowest BCUT2D eigenvalue weighted by molar-refractivity contribution is 0.503.